The minimum Gasteiger partial charge on any atom is -0.497 e. The first-order chi connectivity index (χ1) is 11.7. The van der Waals surface area contributed by atoms with Crippen LogP contribution in [-0.2, 0) is 17.8 Å². The highest BCUT2D eigenvalue weighted by Crippen LogP contribution is 2.18. The number of fused-ring (bicyclic) bond motifs is 1. The normalized spacial score (nSPS) is 10.5. The van der Waals surface area contributed by atoms with E-state index >= 15 is 0 Å². The fourth-order valence-electron chi connectivity index (χ4n) is 2.53. The van der Waals surface area contributed by atoms with Crippen molar-refractivity contribution in [2.24, 2.45) is 0 Å². The van der Waals surface area contributed by atoms with E-state index in [2.05, 4.69) is 10.3 Å². The van der Waals surface area contributed by atoms with Crippen LogP contribution < -0.4 is 15.6 Å². The number of carbonyl (C=O) groups excluding carboxylic acids is 1. The molecule has 122 valence electrons. The first-order valence-corrected chi connectivity index (χ1v) is 7.66. The SMILES string of the molecule is COc1ccc2[nH]c(=O)c(CNC(=O)Cc3ccccc3)cc2c1. The summed E-state index contributed by atoms with van der Waals surface area (Å²) in [6, 6.07) is 16.7. The minimum absolute atomic E-state index is 0.119. The Balaban J connectivity index is 1.73. The Kier molecular flexibility index (Phi) is 4.61. The lowest BCUT2D eigenvalue weighted by Gasteiger charge is -2.07. The summed E-state index contributed by atoms with van der Waals surface area (Å²) in [4.78, 5) is 27.0. The molecule has 0 saturated heterocycles. The summed E-state index contributed by atoms with van der Waals surface area (Å²) in [5.41, 5.74) is 1.98. The number of nitrogens with one attached hydrogen (secondary N) is 2. The molecule has 24 heavy (non-hydrogen) atoms. The fraction of sp³-hybridized carbons (Fsp3) is 0.158. The van der Waals surface area contributed by atoms with Crippen molar-refractivity contribution in [3.05, 3.63) is 76.1 Å². The molecular weight excluding hydrogens is 304 g/mol. The summed E-state index contributed by atoms with van der Waals surface area (Å²) in [5.74, 6) is 0.597. The number of aromatic nitrogens is 1. The highest BCUT2D eigenvalue weighted by molar-refractivity contribution is 5.81. The molecule has 0 spiro atoms. The lowest BCUT2D eigenvalue weighted by Crippen LogP contribution is -2.27. The Morgan fingerprint density at radius 2 is 1.92 bits per heavy atom. The van der Waals surface area contributed by atoms with Gasteiger partial charge in [-0.1, -0.05) is 30.3 Å². The summed E-state index contributed by atoms with van der Waals surface area (Å²) >= 11 is 0. The Bertz CT molecular complexity index is 917. The Morgan fingerprint density at radius 3 is 2.67 bits per heavy atom. The lowest BCUT2D eigenvalue weighted by molar-refractivity contribution is -0.120. The maximum absolute atomic E-state index is 12.1. The average Bonchev–Trinajstić information content (AvgIpc) is 2.60. The van der Waals surface area contributed by atoms with Gasteiger partial charge in [0, 0.05) is 23.0 Å². The molecule has 3 aromatic rings. The number of amides is 1. The van der Waals surface area contributed by atoms with Gasteiger partial charge in [-0.3, -0.25) is 9.59 Å². The summed E-state index contributed by atoms with van der Waals surface area (Å²) < 4.78 is 5.20. The molecular formula is C19H18N2O3. The molecule has 0 aliphatic carbocycles. The summed E-state index contributed by atoms with van der Waals surface area (Å²) in [7, 11) is 1.59. The second kappa shape index (κ2) is 7.00. The highest BCUT2D eigenvalue weighted by atomic mass is 16.5. The van der Waals surface area contributed by atoms with E-state index in [9.17, 15) is 9.59 Å². The third-order valence-electron chi connectivity index (χ3n) is 3.81. The molecule has 1 amide bonds. The second-order valence-electron chi connectivity index (χ2n) is 5.52. The molecule has 0 radical (unpaired) electrons. The van der Waals surface area contributed by atoms with Crippen LogP contribution in [0.1, 0.15) is 11.1 Å². The van der Waals surface area contributed by atoms with E-state index in [0.29, 0.717) is 17.7 Å². The van der Waals surface area contributed by atoms with Gasteiger partial charge in [-0.25, -0.2) is 0 Å². The topological polar surface area (TPSA) is 71.2 Å². The number of pyridine rings is 1. The van der Waals surface area contributed by atoms with E-state index in [1.807, 2.05) is 36.4 Å². The van der Waals surface area contributed by atoms with Gasteiger partial charge in [0.05, 0.1) is 13.5 Å². The average molecular weight is 322 g/mol. The molecule has 0 fully saturated rings. The van der Waals surface area contributed by atoms with E-state index < -0.39 is 0 Å². The number of hydrogen-bond acceptors (Lipinski definition) is 3. The molecule has 1 aromatic heterocycles. The quantitative estimate of drug-likeness (QED) is 0.758. The number of benzene rings is 2. The summed E-state index contributed by atoms with van der Waals surface area (Å²) in [5, 5.41) is 3.65. The van der Waals surface area contributed by atoms with Gasteiger partial charge in [0.15, 0.2) is 0 Å². The third kappa shape index (κ3) is 3.63. The maximum Gasteiger partial charge on any atom is 0.253 e. The maximum atomic E-state index is 12.1. The van der Waals surface area contributed by atoms with Gasteiger partial charge in [0.2, 0.25) is 5.91 Å². The minimum atomic E-state index is -0.201. The Morgan fingerprint density at radius 1 is 1.12 bits per heavy atom. The van der Waals surface area contributed by atoms with Crippen molar-refractivity contribution in [3.63, 3.8) is 0 Å². The smallest absolute Gasteiger partial charge is 0.253 e. The van der Waals surface area contributed by atoms with Gasteiger partial charge >= 0.3 is 0 Å². The van der Waals surface area contributed by atoms with Crippen molar-refractivity contribution < 1.29 is 9.53 Å². The summed E-state index contributed by atoms with van der Waals surface area (Å²) in [6.45, 7) is 0.189. The van der Waals surface area contributed by atoms with Gasteiger partial charge in [-0.05, 0) is 29.8 Å². The molecule has 0 saturated carbocycles. The highest BCUT2D eigenvalue weighted by Gasteiger charge is 2.07. The van der Waals surface area contributed by atoms with Crippen LogP contribution in [0.3, 0.4) is 0 Å². The Hall–Kier alpha value is -3.08. The zero-order chi connectivity index (χ0) is 16.9. The van der Waals surface area contributed by atoms with E-state index in [-0.39, 0.29) is 18.0 Å². The number of hydrogen-bond donors (Lipinski definition) is 2. The molecule has 3 rings (SSSR count). The molecule has 0 aliphatic heterocycles. The van der Waals surface area contributed by atoms with E-state index in [1.54, 1.807) is 25.3 Å². The standard InChI is InChI=1S/C19H18N2O3/c1-24-16-7-8-17-14(11-16)10-15(19(23)21-17)12-20-18(22)9-13-5-3-2-4-6-13/h2-8,10-11H,9,12H2,1H3,(H,20,22)(H,21,23). The molecule has 5 heteroatoms. The van der Waals surface area contributed by atoms with Crippen molar-refractivity contribution >= 4 is 16.8 Å². The number of H-pyrrole nitrogens is 1. The molecule has 0 aliphatic rings. The Labute approximate surface area is 139 Å². The number of ether oxygens (including phenoxy) is 1. The van der Waals surface area contributed by atoms with Crippen LogP contribution in [0.4, 0.5) is 0 Å². The number of carbonyl (C=O) groups is 1. The van der Waals surface area contributed by atoms with Crippen LogP contribution in [0.2, 0.25) is 0 Å². The van der Waals surface area contributed by atoms with Gasteiger partial charge in [0.25, 0.3) is 5.56 Å². The number of rotatable bonds is 5. The predicted molar refractivity (Wildman–Crippen MR) is 93.1 cm³/mol. The van der Waals surface area contributed by atoms with Crippen LogP contribution in [-0.4, -0.2) is 18.0 Å². The van der Waals surface area contributed by atoms with E-state index in [1.165, 1.54) is 0 Å². The molecule has 0 atom stereocenters. The molecule has 0 unspecified atom stereocenters. The van der Waals surface area contributed by atoms with Crippen molar-refractivity contribution in [2.45, 2.75) is 13.0 Å². The molecule has 0 bridgehead atoms. The molecule has 1 heterocycles. The number of aromatic amines is 1. The zero-order valence-electron chi connectivity index (χ0n) is 13.3. The van der Waals surface area contributed by atoms with Crippen LogP contribution >= 0.6 is 0 Å². The predicted octanol–water partition coefficient (Wildman–Crippen LogP) is 2.40. The van der Waals surface area contributed by atoms with Crippen molar-refractivity contribution in [1.29, 1.82) is 0 Å². The summed E-state index contributed by atoms with van der Waals surface area (Å²) in [6.07, 6.45) is 0.292. The first-order valence-electron chi connectivity index (χ1n) is 7.66. The largest absolute Gasteiger partial charge is 0.497 e. The van der Waals surface area contributed by atoms with Gasteiger partial charge < -0.3 is 15.0 Å². The fourth-order valence-corrected chi connectivity index (χ4v) is 2.53. The van der Waals surface area contributed by atoms with Crippen LogP contribution in [0.25, 0.3) is 10.9 Å². The van der Waals surface area contributed by atoms with Gasteiger partial charge in [-0.15, -0.1) is 0 Å². The second-order valence-corrected chi connectivity index (χ2v) is 5.52. The van der Waals surface area contributed by atoms with Gasteiger partial charge in [0.1, 0.15) is 5.75 Å². The molecule has 2 aromatic carbocycles. The van der Waals surface area contributed by atoms with Crippen molar-refractivity contribution in [1.82, 2.24) is 10.3 Å². The van der Waals surface area contributed by atoms with Crippen LogP contribution in [0.5, 0.6) is 5.75 Å². The van der Waals surface area contributed by atoms with Crippen LogP contribution in [0.15, 0.2) is 59.4 Å². The third-order valence-corrected chi connectivity index (χ3v) is 3.81. The van der Waals surface area contributed by atoms with Crippen molar-refractivity contribution in [2.75, 3.05) is 7.11 Å². The molecule has 5 nitrogen and oxygen atoms in total. The first kappa shape index (κ1) is 15.8. The zero-order valence-corrected chi connectivity index (χ0v) is 13.3. The van der Waals surface area contributed by atoms with E-state index in [0.717, 1.165) is 16.5 Å². The van der Waals surface area contributed by atoms with Crippen molar-refractivity contribution in [3.8, 4) is 5.75 Å². The molecule has 2 N–H and O–H groups in total. The van der Waals surface area contributed by atoms with E-state index in [4.69, 9.17) is 4.74 Å². The van der Waals surface area contributed by atoms with Crippen LogP contribution in [0, 0.1) is 0 Å². The number of methoxy groups -OCH3 is 1. The lowest BCUT2D eigenvalue weighted by atomic mass is 10.1. The monoisotopic (exact) mass is 322 g/mol. The van der Waals surface area contributed by atoms with Gasteiger partial charge in [-0.2, -0.15) is 0 Å².